The van der Waals surface area contributed by atoms with Gasteiger partial charge >= 0.3 is 70.4 Å². The highest BCUT2D eigenvalue weighted by atomic mass is 28.6. The van der Waals surface area contributed by atoms with E-state index in [0.717, 1.165) is 0 Å². The maximum Gasteiger partial charge on any atom is 0.485 e. The molecular formula is C18H46O13Si8. The smallest absolute Gasteiger partial charge is 0.378 e. The summed E-state index contributed by atoms with van der Waals surface area (Å²) < 4.78 is 89.6. The molecule has 0 spiro atoms. The van der Waals surface area contributed by atoms with Crippen LogP contribution in [0.4, 0.5) is 0 Å². The zero-order valence-electron chi connectivity index (χ0n) is 25.0. The molecule has 13 nitrogen and oxygen atoms in total. The zero-order valence-corrected chi connectivity index (χ0v) is 33.0. The fourth-order valence-electron chi connectivity index (χ4n) is 5.07. The quantitative estimate of drug-likeness (QED) is 0.305. The summed E-state index contributed by atoms with van der Waals surface area (Å²) in [5.74, 6) is 0. The Balaban J connectivity index is 2.10. The highest BCUT2D eigenvalue weighted by Gasteiger charge is 2.78. The summed E-state index contributed by atoms with van der Waals surface area (Å²) in [5.41, 5.74) is 0. The SMILES string of the molecule is CC[Si]1(OC)O[Si]2(CC)O[Si]3(CC)O[Si](CC)(OC)O[Si]4(CC)O[Si](CC)(O1)O[Si](CC)(O2)O[Si](CC)(O3)O4. The third-order valence-electron chi connectivity index (χ3n) is 7.51. The van der Waals surface area contributed by atoms with E-state index in [9.17, 15) is 0 Å². The van der Waals surface area contributed by atoms with Gasteiger partial charge in [-0.15, -0.1) is 0 Å². The number of hydrogen-bond donors (Lipinski definition) is 0. The average molecular weight is 695 g/mol. The van der Waals surface area contributed by atoms with Gasteiger partial charge in [0.15, 0.2) is 0 Å². The van der Waals surface area contributed by atoms with Crippen LogP contribution >= 0.6 is 0 Å². The number of fused-ring (bicyclic) bond motifs is 4. The van der Waals surface area contributed by atoms with E-state index in [1.165, 1.54) is 0 Å². The fourth-order valence-corrected chi connectivity index (χ4v) is 51.4. The molecule has 228 valence electrons. The van der Waals surface area contributed by atoms with Crippen LogP contribution in [0.3, 0.4) is 0 Å². The van der Waals surface area contributed by atoms with Crippen molar-refractivity contribution in [3.05, 3.63) is 0 Å². The van der Waals surface area contributed by atoms with Gasteiger partial charge in [0.25, 0.3) is 0 Å². The van der Waals surface area contributed by atoms with Crippen molar-refractivity contribution in [3.8, 4) is 0 Å². The van der Waals surface area contributed by atoms with Crippen molar-refractivity contribution in [3.63, 3.8) is 0 Å². The third-order valence-corrected chi connectivity index (χ3v) is 43.0. The molecule has 39 heavy (non-hydrogen) atoms. The van der Waals surface area contributed by atoms with E-state index in [-0.39, 0.29) is 0 Å². The van der Waals surface area contributed by atoms with Crippen LogP contribution in [0.15, 0.2) is 0 Å². The number of rotatable bonds is 10. The van der Waals surface area contributed by atoms with Gasteiger partial charge in [0, 0.05) is 62.6 Å². The molecule has 0 aromatic carbocycles. The normalized spacial score (nSPS) is 50.0. The van der Waals surface area contributed by atoms with E-state index in [1.54, 1.807) is 14.2 Å². The molecule has 0 amide bonds. The summed E-state index contributed by atoms with van der Waals surface area (Å²) in [6.07, 6.45) is 0. The molecule has 0 saturated carbocycles. The highest BCUT2D eigenvalue weighted by Crippen LogP contribution is 2.50. The monoisotopic (exact) mass is 694 g/mol. The van der Waals surface area contributed by atoms with Gasteiger partial charge in [-0.2, -0.15) is 0 Å². The Labute approximate surface area is 241 Å². The Bertz CT molecular complexity index is 770. The van der Waals surface area contributed by atoms with Gasteiger partial charge in [0.05, 0.1) is 0 Å². The van der Waals surface area contributed by atoms with Gasteiger partial charge in [0.1, 0.15) is 0 Å². The molecule has 0 N–H and O–H groups in total. The first-order valence-corrected chi connectivity index (χ1v) is 29.7. The maximum absolute atomic E-state index is 7.09. The molecule has 4 aliphatic rings. The third kappa shape index (κ3) is 5.75. The second kappa shape index (κ2) is 11.6. The minimum absolute atomic E-state index is 0.405. The summed E-state index contributed by atoms with van der Waals surface area (Å²) in [4.78, 5) is 0. The molecule has 4 aliphatic heterocycles. The molecule has 4 heterocycles. The van der Waals surface area contributed by atoms with Crippen LogP contribution in [0.1, 0.15) is 55.4 Å². The van der Waals surface area contributed by atoms with Crippen molar-refractivity contribution in [2.45, 2.75) is 104 Å². The molecule has 21 heteroatoms. The molecule has 0 aromatic heterocycles. The van der Waals surface area contributed by atoms with E-state index in [0.29, 0.717) is 48.4 Å². The Morgan fingerprint density at radius 1 is 0.308 bits per heavy atom. The summed E-state index contributed by atoms with van der Waals surface area (Å²) in [7, 11) is -25.7. The topological polar surface area (TPSA) is 120 Å². The van der Waals surface area contributed by atoms with Gasteiger partial charge in [0.2, 0.25) is 0 Å². The Kier molecular flexibility index (Phi) is 9.86. The highest BCUT2D eigenvalue weighted by molar-refractivity contribution is 7.00. The first kappa shape index (κ1) is 33.1. The van der Waals surface area contributed by atoms with Gasteiger partial charge in [-0.3, -0.25) is 0 Å². The lowest BCUT2D eigenvalue weighted by Gasteiger charge is -2.60. The van der Waals surface area contributed by atoms with E-state index < -0.39 is 70.4 Å². The molecule has 4 unspecified atom stereocenters. The van der Waals surface area contributed by atoms with Crippen molar-refractivity contribution in [1.82, 2.24) is 0 Å². The maximum atomic E-state index is 7.09. The van der Waals surface area contributed by atoms with Gasteiger partial charge < -0.3 is 54.1 Å². The summed E-state index contributed by atoms with van der Waals surface area (Å²) in [6.45, 7) is 15.8. The van der Waals surface area contributed by atoms with Crippen LogP contribution in [0.2, 0.25) is 48.4 Å². The zero-order chi connectivity index (χ0) is 28.8. The lowest BCUT2D eigenvalue weighted by molar-refractivity contribution is -0.0122. The summed E-state index contributed by atoms with van der Waals surface area (Å²) in [5, 5.41) is 0. The van der Waals surface area contributed by atoms with E-state index in [2.05, 4.69) is 0 Å². The molecular weight excluding hydrogens is 649 g/mol. The van der Waals surface area contributed by atoms with Crippen LogP contribution in [0.25, 0.3) is 0 Å². The van der Waals surface area contributed by atoms with E-state index in [4.69, 9.17) is 54.1 Å². The standard InChI is InChI=1S/C18H46O13Si8/c1-11-32(19-9)21-34(13-3)25-36(15-5)23-33(12-2,20-10)24-37(16-6)26-35(14-4,22-32)28-38(17-7,27-34)31-39(18-8,29-36)30-37/h11-18H2,1-10H3. The van der Waals surface area contributed by atoms with E-state index >= 15 is 0 Å². The van der Waals surface area contributed by atoms with Crippen LogP contribution in [-0.2, 0) is 54.1 Å². The average Bonchev–Trinajstić information content (AvgIpc) is 2.92. The molecule has 4 rings (SSSR count). The van der Waals surface area contributed by atoms with Gasteiger partial charge in [-0.1, -0.05) is 55.4 Å². The molecule has 0 aromatic rings. The second-order valence-corrected chi connectivity index (χ2v) is 36.2. The number of hydrogen-bond acceptors (Lipinski definition) is 13. The van der Waals surface area contributed by atoms with Crippen molar-refractivity contribution in [2.75, 3.05) is 14.2 Å². The minimum Gasteiger partial charge on any atom is -0.378 e. The van der Waals surface area contributed by atoms with Gasteiger partial charge in [-0.05, 0) is 0 Å². The van der Waals surface area contributed by atoms with Crippen molar-refractivity contribution in [1.29, 1.82) is 0 Å². The minimum atomic E-state index is -3.68. The first-order chi connectivity index (χ1) is 18.4. The Morgan fingerprint density at radius 2 is 0.487 bits per heavy atom. The lowest BCUT2D eigenvalue weighted by Crippen LogP contribution is -2.85. The predicted molar refractivity (Wildman–Crippen MR) is 156 cm³/mol. The van der Waals surface area contributed by atoms with Crippen molar-refractivity contribution < 1.29 is 54.1 Å². The van der Waals surface area contributed by atoms with Crippen LogP contribution in [0.5, 0.6) is 0 Å². The Hall–Kier alpha value is 1.22. The van der Waals surface area contributed by atoms with Crippen molar-refractivity contribution in [2.24, 2.45) is 0 Å². The Morgan fingerprint density at radius 3 is 0.615 bits per heavy atom. The summed E-state index contributed by atoms with van der Waals surface area (Å²) in [6, 6.07) is 3.40. The van der Waals surface area contributed by atoms with E-state index in [1.807, 2.05) is 55.4 Å². The second-order valence-electron chi connectivity index (χ2n) is 9.82. The van der Waals surface area contributed by atoms with Crippen LogP contribution in [0, 0.1) is 0 Å². The molecule has 0 radical (unpaired) electrons. The largest absolute Gasteiger partial charge is 0.485 e. The van der Waals surface area contributed by atoms with Crippen LogP contribution < -0.4 is 0 Å². The molecule has 4 atom stereocenters. The van der Waals surface area contributed by atoms with Gasteiger partial charge in [-0.25, -0.2) is 0 Å². The summed E-state index contributed by atoms with van der Waals surface area (Å²) >= 11 is 0. The van der Waals surface area contributed by atoms with Crippen molar-refractivity contribution >= 4 is 70.4 Å². The van der Waals surface area contributed by atoms with Crippen LogP contribution in [-0.4, -0.2) is 84.7 Å². The molecule has 4 saturated heterocycles. The first-order valence-electron chi connectivity index (χ1n) is 14.2. The molecule has 4 fully saturated rings. The predicted octanol–water partition coefficient (Wildman–Crippen LogP) is 4.19. The lowest BCUT2D eigenvalue weighted by atomic mass is 11.0. The fraction of sp³-hybridized carbons (Fsp3) is 1.00. The molecule has 6 bridgehead atoms. The molecule has 0 aliphatic carbocycles.